The van der Waals surface area contributed by atoms with Gasteiger partial charge in [-0.15, -0.1) is 0 Å². The van der Waals surface area contributed by atoms with E-state index in [0.29, 0.717) is 12.1 Å². The Bertz CT molecular complexity index is 806. The number of piperidine rings is 1. The first-order chi connectivity index (χ1) is 14.0. The number of likely N-dealkylation sites (tertiary alicyclic amines) is 1. The Balaban J connectivity index is 1.92. The van der Waals surface area contributed by atoms with Gasteiger partial charge in [-0.1, -0.05) is 18.7 Å². The van der Waals surface area contributed by atoms with E-state index in [0.717, 1.165) is 31.5 Å². The molecule has 2 aromatic rings. The van der Waals surface area contributed by atoms with Gasteiger partial charge in [0.05, 0.1) is 29.8 Å². The van der Waals surface area contributed by atoms with Crippen molar-refractivity contribution >= 4 is 6.34 Å². The molecule has 0 aliphatic carbocycles. The van der Waals surface area contributed by atoms with E-state index in [9.17, 15) is 0 Å². The molecule has 0 radical (unpaired) electrons. The van der Waals surface area contributed by atoms with Crippen LogP contribution < -0.4 is 0 Å². The second kappa shape index (κ2) is 9.79. The maximum Gasteiger partial charge on any atom is 0.0885 e. The number of aromatic nitrogens is 2. The van der Waals surface area contributed by atoms with Crippen LogP contribution in [0, 0.1) is 13.8 Å². The third-order valence-corrected chi connectivity index (χ3v) is 5.93. The number of aryl methyl sites for hydroxylation is 2. The van der Waals surface area contributed by atoms with Crippen LogP contribution in [0.1, 0.15) is 60.3 Å². The number of nitrogens with zero attached hydrogens (tertiary/aromatic N) is 5. The molecule has 0 unspecified atom stereocenters. The zero-order valence-electron chi connectivity index (χ0n) is 18.2. The van der Waals surface area contributed by atoms with Gasteiger partial charge in [-0.05, 0) is 62.8 Å². The zero-order valence-corrected chi connectivity index (χ0v) is 18.2. The lowest BCUT2D eigenvalue weighted by molar-refractivity contribution is 0.0764. The molecule has 5 heteroatoms. The minimum atomic E-state index is 0.300. The molecule has 1 saturated heterocycles. The van der Waals surface area contributed by atoms with Crippen LogP contribution in [0.2, 0.25) is 0 Å². The van der Waals surface area contributed by atoms with Crippen molar-refractivity contribution in [3.05, 3.63) is 71.4 Å². The average Bonchev–Trinajstić information content (AvgIpc) is 2.73. The standard InChI is InChI=1S/C24H33N5/c1-18-9-7-14-26-23(18)21-11-6-12-22(24-19(2)10-8-15-27-24)29(21)16-13-20(3)28(5)17-25-4/h7-10,14-15,17,21-22H,3,6,11-13,16H2,1-2,4-5H3/t21-,22+. The number of hydrogen-bond donors (Lipinski definition) is 0. The summed E-state index contributed by atoms with van der Waals surface area (Å²) >= 11 is 0. The predicted octanol–water partition coefficient (Wildman–Crippen LogP) is 4.86. The highest BCUT2D eigenvalue weighted by Crippen LogP contribution is 2.42. The summed E-state index contributed by atoms with van der Waals surface area (Å²) in [5, 5.41) is 0. The third-order valence-electron chi connectivity index (χ3n) is 5.93. The number of hydrogen-bond acceptors (Lipinski definition) is 4. The first-order valence-electron chi connectivity index (χ1n) is 10.4. The SMILES string of the molecule is C=C(CCN1[C@@H](c2ncccc2C)CCC[C@H]1c1ncccc1C)N(C)C=NC. The number of rotatable bonds is 7. The summed E-state index contributed by atoms with van der Waals surface area (Å²) in [6.07, 6.45) is 9.97. The molecule has 0 N–H and O–H groups in total. The van der Waals surface area contributed by atoms with Gasteiger partial charge in [-0.25, -0.2) is 0 Å². The number of aliphatic imine (C=N–C) groups is 1. The van der Waals surface area contributed by atoms with Gasteiger partial charge < -0.3 is 4.90 Å². The Morgan fingerprint density at radius 3 is 2.17 bits per heavy atom. The molecule has 29 heavy (non-hydrogen) atoms. The summed E-state index contributed by atoms with van der Waals surface area (Å²) in [5.74, 6) is 0. The second-order valence-corrected chi connectivity index (χ2v) is 7.91. The lowest BCUT2D eigenvalue weighted by Gasteiger charge is -2.43. The monoisotopic (exact) mass is 391 g/mol. The Labute approximate surface area is 175 Å². The van der Waals surface area contributed by atoms with Gasteiger partial charge in [-0.3, -0.25) is 19.9 Å². The third kappa shape index (κ3) is 4.91. The van der Waals surface area contributed by atoms with Crippen LogP contribution in [0.5, 0.6) is 0 Å². The molecule has 3 heterocycles. The van der Waals surface area contributed by atoms with Crippen LogP contribution in [0.4, 0.5) is 0 Å². The smallest absolute Gasteiger partial charge is 0.0885 e. The summed E-state index contributed by atoms with van der Waals surface area (Å²) in [6, 6.07) is 8.98. The molecule has 0 bridgehead atoms. The van der Waals surface area contributed by atoms with Crippen molar-refractivity contribution in [2.24, 2.45) is 4.99 Å². The average molecular weight is 392 g/mol. The van der Waals surface area contributed by atoms with E-state index in [-0.39, 0.29) is 0 Å². The van der Waals surface area contributed by atoms with Gasteiger partial charge >= 0.3 is 0 Å². The summed E-state index contributed by atoms with van der Waals surface area (Å²) in [7, 11) is 3.79. The van der Waals surface area contributed by atoms with Crippen LogP contribution in [0.25, 0.3) is 0 Å². The fourth-order valence-corrected chi connectivity index (χ4v) is 4.34. The summed E-state index contributed by atoms with van der Waals surface area (Å²) in [5.41, 5.74) is 5.97. The minimum absolute atomic E-state index is 0.300. The Morgan fingerprint density at radius 1 is 1.14 bits per heavy atom. The van der Waals surface area contributed by atoms with Gasteiger partial charge in [0.15, 0.2) is 0 Å². The summed E-state index contributed by atoms with van der Waals surface area (Å²) in [6.45, 7) is 9.52. The van der Waals surface area contributed by atoms with Crippen molar-refractivity contribution < 1.29 is 0 Å². The van der Waals surface area contributed by atoms with Gasteiger partial charge in [0, 0.05) is 38.7 Å². The summed E-state index contributed by atoms with van der Waals surface area (Å²) < 4.78 is 0. The number of pyridine rings is 2. The molecular formula is C24H33N5. The van der Waals surface area contributed by atoms with E-state index < -0.39 is 0 Å². The van der Waals surface area contributed by atoms with E-state index in [4.69, 9.17) is 9.97 Å². The Kier molecular flexibility index (Phi) is 7.15. The fraction of sp³-hybridized carbons (Fsp3) is 0.458. The van der Waals surface area contributed by atoms with Crippen molar-refractivity contribution in [2.45, 2.75) is 51.6 Å². The van der Waals surface area contributed by atoms with E-state index in [1.807, 2.05) is 42.8 Å². The maximum absolute atomic E-state index is 4.78. The van der Waals surface area contributed by atoms with Crippen molar-refractivity contribution in [1.82, 2.24) is 19.8 Å². The first-order valence-corrected chi connectivity index (χ1v) is 10.4. The van der Waals surface area contributed by atoms with E-state index >= 15 is 0 Å². The largest absolute Gasteiger partial charge is 0.340 e. The minimum Gasteiger partial charge on any atom is -0.340 e. The molecule has 0 aromatic carbocycles. The topological polar surface area (TPSA) is 44.6 Å². The zero-order chi connectivity index (χ0) is 20.8. The maximum atomic E-state index is 4.78. The van der Waals surface area contributed by atoms with Gasteiger partial charge in [-0.2, -0.15) is 0 Å². The molecule has 0 saturated carbocycles. The normalized spacial score (nSPS) is 20.1. The van der Waals surface area contributed by atoms with Crippen LogP contribution >= 0.6 is 0 Å². The quantitative estimate of drug-likeness (QED) is 0.500. The van der Waals surface area contributed by atoms with Gasteiger partial charge in [0.25, 0.3) is 0 Å². The highest BCUT2D eigenvalue weighted by Gasteiger charge is 2.35. The molecule has 154 valence electrons. The van der Waals surface area contributed by atoms with Crippen LogP contribution in [-0.4, -0.2) is 46.7 Å². The molecule has 0 spiro atoms. The van der Waals surface area contributed by atoms with Crippen molar-refractivity contribution in [1.29, 1.82) is 0 Å². The molecule has 5 nitrogen and oxygen atoms in total. The Morgan fingerprint density at radius 2 is 1.69 bits per heavy atom. The van der Waals surface area contributed by atoms with Crippen molar-refractivity contribution in [3.8, 4) is 0 Å². The van der Waals surface area contributed by atoms with Crippen molar-refractivity contribution in [3.63, 3.8) is 0 Å². The van der Waals surface area contributed by atoms with Crippen LogP contribution in [0.15, 0.2) is 53.9 Å². The molecule has 1 fully saturated rings. The van der Waals surface area contributed by atoms with Gasteiger partial charge in [0.1, 0.15) is 0 Å². The highest BCUT2D eigenvalue weighted by atomic mass is 15.2. The molecule has 3 rings (SSSR count). The van der Waals surface area contributed by atoms with Gasteiger partial charge in [0.2, 0.25) is 0 Å². The molecular weight excluding hydrogens is 358 g/mol. The molecule has 2 aromatic heterocycles. The summed E-state index contributed by atoms with van der Waals surface area (Å²) in [4.78, 5) is 18.3. The van der Waals surface area contributed by atoms with E-state index in [1.54, 1.807) is 7.05 Å². The van der Waals surface area contributed by atoms with Crippen LogP contribution in [0.3, 0.4) is 0 Å². The lowest BCUT2D eigenvalue weighted by Crippen LogP contribution is -2.39. The highest BCUT2D eigenvalue weighted by molar-refractivity contribution is 5.56. The van der Waals surface area contributed by atoms with Crippen molar-refractivity contribution in [2.75, 3.05) is 20.6 Å². The predicted molar refractivity (Wildman–Crippen MR) is 120 cm³/mol. The first kappa shape index (κ1) is 21.2. The van der Waals surface area contributed by atoms with E-state index in [2.05, 4.69) is 42.5 Å². The molecule has 1 aliphatic heterocycles. The molecule has 0 amide bonds. The lowest BCUT2D eigenvalue weighted by atomic mass is 9.88. The van der Waals surface area contributed by atoms with E-state index in [1.165, 1.54) is 28.9 Å². The fourth-order valence-electron chi connectivity index (χ4n) is 4.34. The second-order valence-electron chi connectivity index (χ2n) is 7.91. The van der Waals surface area contributed by atoms with Crippen LogP contribution in [-0.2, 0) is 0 Å². The Hall–Kier alpha value is -2.53. The molecule has 2 atom stereocenters. The molecule has 1 aliphatic rings.